The maximum Gasteiger partial charge on any atom is 0.339 e. The second-order valence-corrected chi connectivity index (χ2v) is 4.83. The predicted molar refractivity (Wildman–Crippen MR) is 53.6 cm³/mol. The van der Waals surface area contributed by atoms with E-state index < -0.39 is 26.3 Å². The third-order valence-corrected chi connectivity index (χ3v) is 2.79. The molecule has 0 aromatic carbocycles. The summed E-state index contributed by atoms with van der Waals surface area (Å²) in [4.78, 5) is 23.9. The Morgan fingerprint density at radius 1 is 1.53 bits per heavy atom. The van der Waals surface area contributed by atoms with E-state index in [1.54, 1.807) is 0 Å². The molecule has 0 saturated heterocycles. The summed E-state index contributed by atoms with van der Waals surface area (Å²) in [5.74, 6) is -0.712. The van der Waals surface area contributed by atoms with Crippen molar-refractivity contribution in [2.24, 2.45) is 0 Å². The van der Waals surface area contributed by atoms with Crippen molar-refractivity contribution in [2.75, 3.05) is 13.4 Å². The maximum absolute atomic E-state index is 11.1. The summed E-state index contributed by atoms with van der Waals surface area (Å²) in [6.45, 7) is 0. The van der Waals surface area contributed by atoms with E-state index in [1.165, 1.54) is 0 Å². The van der Waals surface area contributed by atoms with Gasteiger partial charge in [0.1, 0.15) is 4.90 Å². The fraction of sp³-hybridized carbons (Fsp3) is 0.250. The van der Waals surface area contributed by atoms with Crippen LogP contribution >= 0.6 is 0 Å². The standard InChI is InChI=1S/C8H9NO5S.H2/c1-14-8(11)5-3-6(15(2,12)13)7(10)9-4-5;/h3-4H,1-2H3,(H,9,10);1H. The second-order valence-electron chi connectivity index (χ2n) is 2.85. The Balaban J connectivity index is 0.00000225. The van der Waals surface area contributed by atoms with Gasteiger partial charge in [0.2, 0.25) is 0 Å². The van der Waals surface area contributed by atoms with E-state index in [2.05, 4.69) is 9.72 Å². The lowest BCUT2D eigenvalue weighted by Gasteiger charge is -2.00. The van der Waals surface area contributed by atoms with Gasteiger partial charge in [-0.15, -0.1) is 0 Å². The summed E-state index contributed by atoms with van der Waals surface area (Å²) in [5.41, 5.74) is -0.775. The number of hydrogen-bond donors (Lipinski definition) is 1. The second kappa shape index (κ2) is 3.85. The van der Waals surface area contributed by atoms with E-state index in [0.29, 0.717) is 0 Å². The van der Waals surface area contributed by atoms with Crippen LogP contribution in [0.1, 0.15) is 11.8 Å². The maximum atomic E-state index is 11.1. The average molecular weight is 233 g/mol. The highest BCUT2D eigenvalue weighted by atomic mass is 32.2. The molecule has 0 aliphatic rings. The van der Waals surface area contributed by atoms with Crippen molar-refractivity contribution in [2.45, 2.75) is 4.90 Å². The zero-order chi connectivity index (χ0) is 11.6. The fourth-order valence-electron chi connectivity index (χ4n) is 0.974. The number of H-pyrrole nitrogens is 1. The summed E-state index contributed by atoms with van der Waals surface area (Å²) >= 11 is 0. The summed E-state index contributed by atoms with van der Waals surface area (Å²) in [6, 6.07) is 0.986. The zero-order valence-electron chi connectivity index (χ0n) is 8.10. The Labute approximate surface area is 87.3 Å². The molecule has 1 aromatic heterocycles. The lowest BCUT2D eigenvalue weighted by atomic mass is 10.3. The molecule has 1 N–H and O–H groups in total. The van der Waals surface area contributed by atoms with Gasteiger partial charge in [0.15, 0.2) is 9.84 Å². The van der Waals surface area contributed by atoms with Crippen molar-refractivity contribution in [3.05, 3.63) is 28.2 Å². The minimum absolute atomic E-state index is 0. The number of carbonyl (C=O) groups is 1. The fourth-order valence-corrected chi connectivity index (χ4v) is 1.71. The quantitative estimate of drug-likeness (QED) is 0.714. The highest BCUT2D eigenvalue weighted by molar-refractivity contribution is 7.90. The summed E-state index contributed by atoms with van der Waals surface area (Å²) < 4.78 is 26.7. The molecule has 0 spiro atoms. The van der Waals surface area contributed by atoms with Gasteiger partial charge in [-0.1, -0.05) is 0 Å². The summed E-state index contributed by atoms with van der Waals surface area (Å²) in [5, 5.41) is 0. The van der Waals surface area contributed by atoms with Crippen LogP contribution in [-0.4, -0.2) is 32.7 Å². The van der Waals surface area contributed by atoms with Crippen LogP contribution in [0, 0.1) is 0 Å². The molecule has 1 aromatic rings. The first kappa shape index (κ1) is 11.4. The van der Waals surface area contributed by atoms with E-state index >= 15 is 0 Å². The first-order valence-corrected chi connectivity index (χ1v) is 5.76. The molecule has 0 aliphatic heterocycles. The first-order valence-electron chi connectivity index (χ1n) is 3.87. The molecule has 0 aliphatic carbocycles. The highest BCUT2D eigenvalue weighted by Crippen LogP contribution is 2.05. The van der Waals surface area contributed by atoms with Gasteiger partial charge in [-0.3, -0.25) is 4.79 Å². The van der Waals surface area contributed by atoms with Gasteiger partial charge in [-0.25, -0.2) is 13.2 Å². The van der Waals surface area contributed by atoms with E-state index in [-0.39, 0.29) is 6.99 Å². The van der Waals surface area contributed by atoms with Gasteiger partial charge in [0.25, 0.3) is 5.56 Å². The Morgan fingerprint density at radius 2 is 2.13 bits per heavy atom. The molecule has 7 heteroatoms. The van der Waals surface area contributed by atoms with Crippen molar-refractivity contribution in [3.8, 4) is 0 Å². The van der Waals surface area contributed by atoms with Gasteiger partial charge in [0.05, 0.1) is 12.7 Å². The molecule has 1 heterocycles. The van der Waals surface area contributed by atoms with Crippen molar-refractivity contribution >= 4 is 15.8 Å². The van der Waals surface area contributed by atoms with Gasteiger partial charge >= 0.3 is 5.97 Å². The van der Waals surface area contributed by atoms with E-state index in [1.807, 2.05) is 0 Å². The third kappa shape index (κ3) is 2.44. The summed E-state index contributed by atoms with van der Waals surface area (Å²) in [6.07, 6.45) is 1.99. The van der Waals surface area contributed by atoms with Crippen LogP contribution in [0.3, 0.4) is 0 Å². The normalized spacial score (nSPS) is 11.1. The van der Waals surface area contributed by atoms with Crippen LogP contribution in [0.25, 0.3) is 0 Å². The summed E-state index contributed by atoms with van der Waals surface area (Å²) in [7, 11) is -2.49. The number of methoxy groups -OCH3 is 1. The van der Waals surface area contributed by atoms with E-state index in [0.717, 1.165) is 25.6 Å². The zero-order valence-corrected chi connectivity index (χ0v) is 8.92. The average Bonchev–Trinajstić information content (AvgIpc) is 2.15. The number of ether oxygens (including phenoxy) is 1. The smallest absolute Gasteiger partial charge is 0.339 e. The number of rotatable bonds is 2. The number of nitrogens with one attached hydrogen (secondary N) is 1. The van der Waals surface area contributed by atoms with Gasteiger partial charge in [0, 0.05) is 13.9 Å². The number of hydrogen-bond acceptors (Lipinski definition) is 5. The lowest BCUT2D eigenvalue weighted by molar-refractivity contribution is 0.0600. The Kier molecular flexibility index (Phi) is 2.94. The molecule has 0 unspecified atom stereocenters. The molecule has 84 valence electrons. The van der Waals surface area contributed by atoms with Crippen LogP contribution in [-0.2, 0) is 14.6 Å². The van der Waals surface area contributed by atoms with Crippen molar-refractivity contribution in [1.82, 2.24) is 4.98 Å². The largest absolute Gasteiger partial charge is 0.465 e. The first-order chi connectivity index (χ1) is 6.86. The van der Waals surface area contributed by atoms with E-state index in [9.17, 15) is 18.0 Å². The molecule has 0 saturated carbocycles. The molecule has 15 heavy (non-hydrogen) atoms. The van der Waals surface area contributed by atoms with Crippen LogP contribution in [0.4, 0.5) is 0 Å². The molecule has 0 fully saturated rings. The van der Waals surface area contributed by atoms with Gasteiger partial charge < -0.3 is 9.72 Å². The number of sulfone groups is 1. The molecule has 6 nitrogen and oxygen atoms in total. The predicted octanol–water partition coefficient (Wildman–Crippen LogP) is -0.189. The Morgan fingerprint density at radius 3 is 2.60 bits per heavy atom. The third-order valence-electron chi connectivity index (χ3n) is 1.69. The van der Waals surface area contributed by atoms with Crippen LogP contribution in [0.15, 0.2) is 22.0 Å². The Hall–Kier alpha value is -1.63. The van der Waals surface area contributed by atoms with Crippen molar-refractivity contribution < 1.29 is 19.4 Å². The molecule has 0 radical (unpaired) electrons. The van der Waals surface area contributed by atoms with Gasteiger partial charge in [-0.2, -0.15) is 0 Å². The van der Waals surface area contributed by atoms with Gasteiger partial charge in [-0.05, 0) is 6.07 Å². The molecule has 1 rings (SSSR count). The SMILES string of the molecule is COC(=O)c1c[nH]c(=O)c(S(C)(=O)=O)c1.[HH]. The number of pyridine rings is 1. The van der Waals surface area contributed by atoms with Crippen LogP contribution < -0.4 is 5.56 Å². The molecular weight excluding hydrogens is 222 g/mol. The molecule has 0 amide bonds. The number of aromatic nitrogens is 1. The van der Waals surface area contributed by atoms with Crippen molar-refractivity contribution in [3.63, 3.8) is 0 Å². The van der Waals surface area contributed by atoms with Crippen molar-refractivity contribution in [1.29, 1.82) is 0 Å². The monoisotopic (exact) mass is 233 g/mol. The van der Waals surface area contributed by atoms with E-state index in [4.69, 9.17) is 0 Å². The molecule has 0 bridgehead atoms. The minimum Gasteiger partial charge on any atom is -0.465 e. The topological polar surface area (TPSA) is 93.3 Å². The lowest BCUT2D eigenvalue weighted by Crippen LogP contribution is -2.18. The Bertz CT molecular complexity index is 548. The van der Waals surface area contributed by atoms with Crippen LogP contribution in [0.5, 0.6) is 0 Å². The highest BCUT2D eigenvalue weighted by Gasteiger charge is 2.15. The number of aromatic amines is 1. The molecule has 0 atom stereocenters. The minimum atomic E-state index is -3.65. The molecular formula is C8H11NO5S. The van der Waals surface area contributed by atoms with Crippen LogP contribution in [0.2, 0.25) is 0 Å². The number of esters is 1. The number of carbonyl (C=O) groups excluding carboxylic acids is 1.